The highest BCUT2D eigenvalue weighted by Gasteiger charge is 2.11. The number of hydrogen-bond donors (Lipinski definition) is 2. The zero-order valence-electron chi connectivity index (χ0n) is 11.4. The number of hydrogen-bond acceptors (Lipinski definition) is 3. The van der Waals surface area contributed by atoms with Gasteiger partial charge in [0.15, 0.2) is 0 Å². The van der Waals surface area contributed by atoms with E-state index in [4.69, 9.17) is 5.11 Å². The highest BCUT2D eigenvalue weighted by atomic mass is 79.9. The van der Waals surface area contributed by atoms with Gasteiger partial charge >= 0.3 is 0 Å². The molecule has 0 saturated heterocycles. The highest BCUT2D eigenvalue weighted by Crippen LogP contribution is 2.10. The molecule has 0 atom stereocenters. The minimum atomic E-state index is -0.199. The Bertz CT molecular complexity index is 448. The maximum absolute atomic E-state index is 11.8. The second kappa shape index (κ2) is 8.71. The molecule has 6 heteroatoms. The van der Waals surface area contributed by atoms with Crippen molar-refractivity contribution >= 4 is 27.7 Å². The van der Waals surface area contributed by atoms with Crippen LogP contribution in [0.25, 0.3) is 0 Å². The molecule has 0 heterocycles. The summed E-state index contributed by atoms with van der Waals surface area (Å²) in [7, 11) is 0. The van der Waals surface area contributed by atoms with Gasteiger partial charge < -0.3 is 15.3 Å². The van der Waals surface area contributed by atoms with Gasteiger partial charge in [0.25, 0.3) is 5.91 Å². The molecule has 0 aromatic heterocycles. The molecule has 2 N–H and O–H groups in total. The zero-order chi connectivity index (χ0) is 15.0. The predicted octanol–water partition coefficient (Wildman–Crippen LogP) is 1.41. The van der Waals surface area contributed by atoms with Crippen molar-refractivity contribution < 1.29 is 14.7 Å². The summed E-state index contributed by atoms with van der Waals surface area (Å²) in [6.07, 6.45) is 0.232. The molecule has 5 nitrogen and oxygen atoms in total. The first-order valence-corrected chi connectivity index (χ1v) is 7.30. The smallest absolute Gasteiger partial charge is 0.251 e. The summed E-state index contributed by atoms with van der Waals surface area (Å²) in [6.45, 7) is 2.98. The Labute approximate surface area is 127 Å². The number of aliphatic hydroxyl groups excluding tert-OH is 1. The number of rotatable bonds is 7. The second-order valence-electron chi connectivity index (χ2n) is 4.21. The van der Waals surface area contributed by atoms with E-state index in [1.54, 1.807) is 29.2 Å². The van der Waals surface area contributed by atoms with E-state index in [-0.39, 0.29) is 31.4 Å². The van der Waals surface area contributed by atoms with Crippen LogP contribution in [-0.4, -0.2) is 48.1 Å². The van der Waals surface area contributed by atoms with Crippen LogP contribution in [0.3, 0.4) is 0 Å². The SMILES string of the molecule is CCN(CCO)C(=O)CCNC(=O)c1ccc(Br)cc1. The average Bonchev–Trinajstić information content (AvgIpc) is 2.45. The zero-order valence-corrected chi connectivity index (χ0v) is 13.0. The molecule has 1 aromatic carbocycles. The average molecular weight is 343 g/mol. The van der Waals surface area contributed by atoms with E-state index in [9.17, 15) is 9.59 Å². The van der Waals surface area contributed by atoms with Gasteiger partial charge in [-0.15, -0.1) is 0 Å². The van der Waals surface area contributed by atoms with E-state index in [2.05, 4.69) is 21.2 Å². The Balaban J connectivity index is 2.38. The number of nitrogens with one attached hydrogen (secondary N) is 1. The van der Waals surface area contributed by atoms with Crippen LogP contribution in [0.15, 0.2) is 28.7 Å². The molecule has 1 rings (SSSR count). The van der Waals surface area contributed by atoms with E-state index in [0.29, 0.717) is 18.7 Å². The van der Waals surface area contributed by atoms with Gasteiger partial charge in [0.1, 0.15) is 0 Å². The maximum Gasteiger partial charge on any atom is 0.251 e. The number of nitrogens with zero attached hydrogens (tertiary/aromatic N) is 1. The topological polar surface area (TPSA) is 69.6 Å². The van der Waals surface area contributed by atoms with Gasteiger partial charge in [0.05, 0.1) is 6.61 Å². The van der Waals surface area contributed by atoms with Gasteiger partial charge in [0.2, 0.25) is 5.91 Å². The number of benzene rings is 1. The van der Waals surface area contributed by atoms with Crippen LogP contribution in [0.4, 0.5) is 0 Å². The van der Waals surface area contributed by atoms with Crippen LogP contribution >= 0.6 is 15.9 Å². The van der Waals surface area contributed by atoms with Gasteiger partial charge in [-0.1, -0.05) is 15.9 Å². The standard InChI is InChI=1S/C14H19BrN2O3/c1-2-17(9-10-18)13(19)7-8-16-14(20)11-3-5-12(15)6-4-11/h3-6,18H,2,7-10H2,1H3,(H,16,20). The Morgan fingerprint density at radius 2 is 1.95 bits per heavy atom. The van der Waals surface area contributed by atoms with Crippen LogP contribution in [-0.2, 0) is 4.79 Å². The van der Waals surface area contributed by atoms with Crippen molar-refractivity contribution in [3.8, 4) is 0 Å². The summed E-state index contributed by atoms with van der Waals surface area (Å²) in [4.78, 5) is 25.2. The van der Waals surface area contributed by atoms with E-state index in [0.717, 1.165) is 4.47 Å². The molecular weight excluding hydrogens is 324 g/mol. The molecule has 0 aliphatic rings. The van der Waals surface area contributed by atoms with Gasteiger partial charge in [-0.05, 0) is 31.2 Å². The van der Waals surface area contributed by atoms with Gasteiger partial charge in [-0.2, -0.15) is 0 Å². The summed E-state index contributed by atoms with van der Waals surface area (Å²) in [6, 6.07) is 7.01. The van der Waals surface area contributed by atoms with E-state index >= 15 is 0 Å². The minimum Gasteiger partial charge on any atom is -0.395 e. The largest absolute Gasteiger partial charge is 0.395 e. The highest BCUT2D eigenvalue weighted by molar-refractivity contribution is 9.10. The van der Waals surface area contributed by atoms with Crippen LogP contribution in [0.5, 0.6) is 0 Å². The van der Waals surface area contributed by atoms with Gasteiger partial charge in [-0.25, -0.2) is 0 Å². The lowest BCUT2D eigenvalue weighted by atomic mass is 10.2. The lowest BCUT2D eigenvalue weighted by Crippen LogP contribution is -2.36. The third-order valence-electron chi connectivity index (χ3n) is 2.84. The van der Waals surface area contributed by atoms with Crippen molar-refractivity contribution in [2.45, 2.75) is 13.3 Å². The number of halogens is 1. The molecule has 1 aromatic rings. The fraction of sp³-hybridized carbons (Fsp3) is 0.429. The van der Waals surface area contributed by atoms with Crippen molar-refractivity contribution in [2.24, 2.45) is 0 Å². The Hall–Kier alpha value is -1.40. The molecular formula is C14H19BrN2O3. The quantitative estimate of drug-likeness (QED) is 0.787. The lowest BCUT2D eigenvalue weighted by Gasteiger charge is -2.19. The van der Waals surface area contributed by atoms with Gasteiger partial charge in [-0.3, -0.25) is 9.59 Å². The van der Waals surface area contributed by atoms with Crippen LogP contribution in [0, 0.1) is 0 Å². The van der Waals surface area contributed by atoms with Crippen molar-refractivity contribution in [2.75, 3.05) is 26.2 Å². The number of amides is 2. The van der Waals surface area contributed by atoms with Crippen molar-refractivity contribution in [3.63, 3.8) is 0 Å². The fourth-order valence-corrected chi connectivity index (χ4v) is 1.99. The van der Waals surface area contributed by atoms with E-state index < -0.39 is 0 Å². The monoisotopic (exact) mass is 342 g/mol. The molecule has 0 aliphatic heterocycles. The predicted molar refractivity (Wildman–Crippen MR) is 80.4 cm³/mol. The van der Waals surface area contributed by atoms with Crippen LogP contribution < -0.4 is 5.32 Å². The number of likely N-dealkylation sites (N-methyl/N-ethyl adjacent to an activating group) is 1. The maximum atomic E-state index is 11.8. The first-order chi connectivity index (χ1) is 9.58. The van der Waals surface area contributed by atoms with Gasteiger partial charge in [0, 0.05) is 36.1 Å². The van der Waals surface area contributed by atoms with Crippen molar-refractivity contribution in [1.82, 2.24) is 10.2 Å². The molecule has 0 bridgehead atoms. The summed E-state index contributed by atoms with van der Waals surface area (Å²) in [5, 5.41) is 11.5. The molecule has 0 spiro atoms. The minimum absolute atomic E-state index is 0.0508. The van der Waals surface area contributed by atoms with E-state index in [1.165, 1.54) is 0 Å². The Morgan fingerprint density at radius 3 is 2.50 bits per heavy atom. The normalized spacial score (nSPS) is 10.2. The molecule has 0 unspecified atom stereocenters. The summed E-state index contributed by atoms with van der Waals surface area (Å²) in [5.41, 5.74) is 0.559. The summed E-state index contributed by atoms with van der Waals surface area (Å²) < 4.78 is 0.909. The summed E-state index contributed by atoms with van der Waals surface area (Å²) in [5.74, 6) is -0.270. The Morgan fingerprint density at radius 1 is 1.30 bits per heavy atom. The fourth-order valence-electron chi connectivity index (χ4n) is 1.72. The van der Waals surface area contributed by atoms with Crippen LogP contribution in [0.2, 0.25) is 0 Å². The number of carbonyl (C=O) groups excluding carboxylic acids is 2. The van der Waals surface area contributed by atoms with Crippen molar-refractivity contribution in [3.05, 3.63) is 34.3 Å². The first-order valence-electron chi connectivity index (χ1n) is 6.51. The third-order valence-corrected chi connectivity index (χ3v) is 3.36. The van der Waals surface area contributed by atoms with Crippen molar-refractivity contribution in [1.29, 1.82) is 0 Å². The lowest BCUT2D eigenvalue weighted by molar-refractivity contribution is -0.131. The summed E-state index contributed by atoms with van der Waals surface area (Å²) >= 11 is 3.30. The molecule has 0 fully saturated rings. The van der Waals surface area contributed by atoms with E-state index in [1.807, 2.05) is 6.92 Å². The molecule has 2 amide bonds. The molecule has 0 saturated carbocycles. The molecule has 0 aliphatic carbocycles. The second-order valence-corrected chi connectivity index (χ2v) is 5.13. The molecule has 110 valence electrons. The first kappa shape index (κ1) is 16.7. The third kappa shape index (κ3) is 5.30. The molecule has 20 heavy (non-hydrogen) atoms. The number of carbonyl (C=O) groups is 2. The molecule has 0 radical (unpaired) electrons. The number of aliphatic hydroxyl groups is 1. The Kier molecular flexibility index (Phi) is 7.25. The van der Waals surface area contributed by atoms with Crippen LogP contribution in [0.1, 0.15) is 23.7 Å².